The molecular weight excluding hydrogens is 152 g/mol. The molecular formula is C9H20N2O. The average molecular weight is 172 g/mol. The molecule has 2 amide bonds. The van der Waals surface area contributed by atoms with Crippen molar-refractivity contribution in [3.8, 4) is 0 Å². The van der Waals surface area contributed by atoms with Crippen LogP contribution in [0.25, 0.3) is 0 Å². The van der Waals surface area contributed by atoms with Crippen molar-refractivity contribution in [3.05, 3.63) is 0 Å². The fourth-order valence-electron chi connectivity index (χ4n) is 0.977. The standard InChI is InChI=1S/C9H20N2O/c1-3-5-6-7-8-11-9(12)10-4-2/h3-8H2,1-2H3,(H2,10,11,12). The van der Waals surface area contributed by atoms with Crippen LogP contribution < -0.4 is 10.6 Å². The summed E-state index contributed by atoms with van der Waals surface area (Å²) in [4.78, 5) is 10.9. The first-order valence-electron chi connectivity index (χ1n) is 4.83. The van der Waals surface area contributed by atoms with Gasteiger partial charge in [0.25, 0.3) is 0 Å². The van der Waals surface area contributed by atoms with Crippen LogP contribution in [0.3, 0.4) is 0 Å². The number of rotatable bonds is 6. The number of urea groups is 1. The first kappa shape index (κ1) is 11.3. The summed E-state index contributed by atoms with van der Waals surface area (Å²) in [6, 6.07) is -0.0472. The first-order chi connectivity index (χ1) is 5.81. The third-order valence-corrected chi connectivity index (χ3v) is 1.65. The third kappa shape index (κ3) is 7.38. The highest BCUT2D eigenvalue weighted by Gasteiger charge is 1.94. The molecule has 0 aliphatic heterocycles. The SMILES string of the molecule is CCCCCCNC(=O)NCC. The van der Waals surface area contributed by atoms with Gasteiger partial charge < -0.3 is 10.6 Å². The molecule has 0 fully saturated rings. The Morgan fingerprint density at radius 3 is 2.42 bits per heavy atom. The summed E-state index contributed by atoms with van der Waals surface area (Å²) >= 11 is 0. The van der Waals surface area contributed by atoms with Crippen molar-refractivity contribution < 1.29 is 4.79 Å². The molecule has 2 N–H and O–H groups in total. The van der Waals surface area contributed by atoms with E-state index in [1.807, 2.05) is 6.92 Å². The Morgan fingerprint density at radius 1 is 1.08 bits per heavy atom. The van der Waals surface area contributed by atoms with Crippen molar-refractivity contribution >= 4 is 6.03 Å². The van der Waals surface area contributed by atoms with Crippen LogP contribution in [0.5, 0.6) is 0 Å². The van der Waals surface area contributed by atoms with Gasteiger partial charge in [-0.1, -0.05) is 26.2 Å². The van der Waals surface area contributed by atoms with Gasteiger partial charge in [-0.2, -0.15) is 0 Å². The van der Waals surface area contributed by atoms with E-state index in [-0.39, 0.29) is 6.03 Å². The van der Waals surface area contributed by atoms with Gasteiger partial charge in [-0.25, -0.2) is 4.79 Å². The average Bonchev–Trinajstić information content (AvgIpc) is 2.05. The number of unbranched alkanes of at least 4 members (excludes halogenated alkanes) is 3. The van der Waals surface area contributed by atoms with E-state index in [1.54, 1.807) is 0 Å². The maximum atomic E-state index is 10.9. The highest BCUT2D eigenvalue weighted by atomic mass is 16.2. The molecule has 3 nitrogen and oxygen atoms in total. The molecule has 12 heavy (non-hydrogen) atoms. The zero-order valence-electron chi connectivity index (χ0n) is 8.15. The number of nitrogens with one attached hydrogen (secondary N) is 2. The maximum Gasteiger partial charge on any atom is 0.314 e. The van der Waals surface area contributed by atoms with Crippen LogP contribution in [0, 0.1) is 0 Å². The van der Waals surface area contributed by atoms with E-state index in [2.05, 4.69) is 17.6 Å². The van der Waals surface area contributed by atoms with Gasteiger partial charge in [0, 0.05) is 13.1 Å². The van der Waals surface area contributed by atoms with Crippen LogP contribution in [0.1, 0.15) is 39.5 Å². The fraction of sp³-hybridized carbons (Fsp3) is 0.889. The van der Waals surface area contributed by atoms with E-state index in [4.69, 9.17) is 0 Å². The largest absolute Gasteiger partial charge is 0.338 e. The molecule has 0 bridgehead atoms. The minimum absolute atomic E-state index is 0.0472. The van der Waals surface area contributed by atoms with Crippen molar-refractivity contribution in [3.63, 3.8) is 0 Å². The second kappa shape index (κ2) is 8.37. The van der Waals surface area contributed by atoms with E-state index in [0.717, 1.165) is 13.0 Å². The fourth-order valence-corrected chi connectivity index (χ4v) is 0.977. The Balaban J connectivity index is 3.03. The Kier molecular flexibility index (Phi) is 7.86. The predicted octanol–water partition coefficient (Wildman–Crippen LogP) is 1.89. The number of hydrogen-bond donors (Lipinski definition) is 2. The lowest BCUT2D eigenvalue weighted by Crippen LogP contribution is -2.35. The highest BCUT2D eigenvalue weighted by molar-refractivity contribution is 5.73. The van der Waals surface area contributed by atoms with Crippen LogP contribution in [0.2, 0.25) is 0 Å². The van der Waals surface area contributed by atoms with Crippen molar-refractivity contribution in [1.82, 2.24) is 10.6 Å². The van der Waals surface area contributed by atoms with Gasteiger partial charge in [0.15, 0.2) is 0 Å². The predicted molar refractivity (Wildman–Crippen MR) is 51.2 cm³/mol. The summed E-state index contributed by atoms with van der Waals surface area (Å²) in [5.74, 6) is 0. The van der Waals surface area contributed by atoms with Gasteiger partial charge in [0.1, 0.15) is 0 Å². The molecule has 0 aliphatic carbocycles. The van der Waals surface area contributed by atoms with Gasteiger partial charge in [-0.15, -0.1) is 0 Å². The minimum Gasteiger partial charge on any atom is -0.338 e. The van der Waals surface area contributed by atoms with Crippen molar-refractivity contribution in [2.24, 2.45) is 0 Å². The summed E-state index contributed by atoms with van der Waals surface area (Å²) < 4.78 is 0. The smallest absolute Gasteiger partial charge is 0.314 e. The molecule has 0 spiro atoms. The summed E-state index contributed by atoms with van der Waals surface area (Å²) in [5, 5.41) is 5.48. The maximum absolute atomic E-state index is 10.9. The summed E-state index contributed by atoms with van der Waals surface area (Å²) in [7, 11) is 0. The molecule has 0 saturated carbocycles. The van der Waals surface area contributed by atoms with Gasteiger partial charge in [-0.3, -0.25) is 0 Å². The molecule has 0 rings (SSSR count). The van der Waals surface area contributed by atoms with E-state index >= 15 is 0 Å². The zero-order valence-corrected chi connectivity index (χ0v) is 8.15. The quantitative estimate of drug-likeness (QED) is 0.590. The lowest BCUT2D eigenvalue weighted by molar-refractivity contribution is 0.241. The van der Waals surface area contributed by atoms with Crippen molar-refractivity contribution in [2.75, 3.05) is 13.1 Å². The number of carbonyl (C=O) groups excluding carboxylic acids is 1. The second-order valence-corrected chi connectivity index (χ2v) is 2.85. The third-order valence-electron chi connectivity index (χ3n) is 1.65. The number of hydrogen-bond acceptors (Lipinski definition) is 1. The molecule has 3 heteroatoms. The van der Waals surface area contributed by atoms with Crippen molar-refractivity contribution in [1.29, 1.82) is 0 Å². The lowest BCUT2D eigenvalue weighted by Gasteiger charge is -2.04. The van der Waals surface area contributed by atoms with Crippen molar-refractivity contribution in [2.45, 2.75) is 39.5 Å². The zero-order chi connectivity index (χ0) is 9.23. The highest BCUT2D eigenvalue weighted by Crippen LogP contribution is 1.96. The summed E-state index contributed by atoms with van der Waals surface area (Å²) in [6.45, 7) is 5.58. The summed E-state index contributed by atoms with van der Waals surface area (Å²) in [6.07, 6.45) is 4.80. The second-order valence-electron chi connectivity index (χ2n) is 2.85. The minimum atomic E-state index is -0.0472. The van der Waals surface area contributed by atoms with E-state index in [0.29, 0.717) is 6.54 Å². The molecule has 72 valence electrons. The number of carbonyl (C=O) groups is 1. The molecule has 0 aromatic rings. The topological polar surface area (TPSA) is 41.1 Å². The van der Waals surface area contributed by atoms with E-state index in [1.165, 1.54) is 19.3 Å². The molecule has 0 atom stereocenters. The van der Waals surface area contributed by atoms with E-state index in [9.17, 15) is 4.79 Å². The summed E-state index contributed by atoms with van der Waals surface area (Å²) in [5.41, 5.74) is 0. The molecule has 0 aromatic heterocycles. The van der Waals surface area contributed by atoms with Crippen LogP contribution in [-0.2, 0) is 0 Å². The molecule has 0 aliphatic rings. The molecule has 0 saturated heterocycles. The van der Waals surface area contributed by atoms with Crippen LogP contribution >= 0.6 is 0 Å². The Bertz CT molecular complexity index is 115. The van der Waals surface area contributed by atoms with Gasteiger partial charge >= 0.3 is 6.03 Å². The normalized spacial score (nSPS) is 9.50. The van der Waals surface area contributed by atoms with Gasteiger partial charge in [-0.05, 0) is 13.3 Å². The molecule has 0 heterocycles. The molecule has 0 radical (unpaired) electrons. The molecule has 0 aromatic carbocycles. The van der Waals surface area contributed by atoms with Crippen LogP contribution in [0.15, 0.2) is 0 Å². The molecule has 0 unspecified atom stereocenters. The Morgan fingerprint density at radius 2 is 1.83 bits per heavy atom. The van der Waals surface area contributed by atoms with Gasteiger partial charge in [0.05, 0.1) is 0 Å². The lowest BCUT2D eigenvalue weighted by atomic mass is 10.2. The van der Waals surface area contributed by atoms with Crippen LogP contribution in [0.4, 0.5) is 4.79 Å². The number of amides is 2. The Hall–Kier alpha value is -0.730. The monoisotopic (exact) mass is 172 g/mol. The van der Waals surface area contributed by atoms with Crippen LogP contribution in [-0.4, -0.2) is 19.1 Å². The van der Waals surface area contributed by atoms with Gasteiger partial charge in [0.2, 0.25) is 0 Å². The van der Waals surface area contributed by atoms with E-state index < -0.39 is 0 Å². The Labute approximate surface area is 74.9 Å². The first-order valence-corrected chi connectivity index (χ1v) is 4.83.